The second-order valence-corrected chi connectivity index (χ2v) is 6.54. The Hall–Kier alpha value is -3.78. The van der Waals surface area contributed by atoms with Crippen LogP contribution in [0.2, 0.25) is 0 Å². The number of carbonyl (C=O) groups is 1. The van der Waals surface area contributed by atoms with Gasteiger partial charge in [-0.1, -0.05) is 19.1 Å². The largest absolute Gasteiger partial charge is 0.507 e. The number of Topliss-reactive ketones (excluding diaryl/α,β-unsaturated/α-hetero) is 1. The Kier molecular flexibility index (Phi) is 6.16. The van der Waals surface area contributed by atoms with Gasteiger partial charge in [0.15, 0.2) is 5.78 Å². The fourth-order valence-electron chi connectivity index (χ4n) is 2.85. The molecule has 0 saturated heterocycles. The number of ether oxygens (including phenoxy) is 2. The average molecular weight is 387 g/mol. The van der Waals surface area contributed by atoms with Crippen LogP contribution in [0.25, 0.3) is 0 Å². The summed E-state index contributed by atoms with van der Waals surface area (Å²) in [6.45, 7) is 3.77. The van der Waals surface area contributed by atoms with E-state index in [0.717, 1.165) is 5.56 Å². The zero-order valence-electron chi connectivity index (χ0n) is 16.3. The molecule has 0 aromatic heterocycles. The Bertz CT molecular complexity index is 1070. The first-order chi connectivity index (χ1) is 14.0. The third kappa shape index (κ3) is 4.74. The average Bonchev–Trinajstić information content (AvgIpc) is 2.75. The molecule has 0 heterocycles. The van der Waals surface area contributed by atoms with Gasteiger partial charge in [-0.15, -0.1) is 0 Å². The predicted octanol–water partition coefficient (Wildman–Crippen LogP) is 5.54. The van der Waals surface area contributed by atoms with Gasteiger partial charge in [0.1, 0.15) is 29.6 Å². The van der Waals surface area contributed by atoms with Crippen LogP contribution in [0, 0.1) is 18.3 Å². The Balaban J connectivity index is 1.70. The van der Waals surface area contributed by atoms with E-state index in [1.165, 1.54) is 0 Å². The first-order valence-electron chi connectivity index (χ1n) is 9.27. The molecule has 3 rings (SSSR count). The Labute approximate surface area is 169 Å². The van der Waals surface area contributed by atoms with Gasteiger partial charge in [0.05, 0.1) is 17.2 Å². The van der Waals surface area contributed by atoms with E-state index in [1.54, 1.807) is 50.2 Å². The fourth-order valence-corrected chi connectivity index (χ4v) is 2.85. The molecule has 29 heavy (non-hydrogen) atoms. The van der Waals surface area contributed by atoms with E-state index in [2.05, 4.69) is 6.07 Å². The van der Waals surface area contributed by atoms with Crippen molar-refractivity contribution in [1.29, 1.82) is 5.26 Å². The molecule has 146 valence electrons. The van der Waals surface area contributed by atoms with Crippen molar-refractivity contribution in [2.24, 2.45) is 0 Å². The summed E-state index contributed by atoms with van der Waals surface area (Å²) in [6, 6.07) is 19.7. The van der Waals surface area contributed by atoms with Gasteiger partial charge in [0.2, 0.25) is 0 Å². The van der Waals surface area contributed by atoms with Gasteiger partial charge in [0.25, 0.3) is 0 Å². The minimum atomic E-state index is -0.107. The van der Waals surface area contributed by atoms with Crippen LogP contribution in [-0.4, -0.2) is 10.9 Å². The second-order valence-electron chi connectivity index (χ2n) is 6.54. The molecule has 0 aliphatic rings. The van der Waals surface area contributed by atoms with Gasteiger partial charge in [-0.3, -0.25) is 4.79 Å². The molecular weight excluding hydrogens is 366 g/mol. The van der Waals surface area contributed by atoms with Crippen molar-refractivity contribution in [1.82, 2.24) is 0 Å². The first kappa shape index (κ1) is 20.0. The van der Waals surface area contributed by atoms with E-state index < -0.39 is 0 Å². The molecule has 0 fully saturated rings. The lowest BCUT2D eigenvalue weighted by Gasteiger charge is -2.13. The van der Waals surface area contributed by atoms with Crippen LogP contribution in [0.4, 0.5) is 0 Å². The molecule has 0 spiro atoms. The molecule has 0 bridgehead atoms. The quantitative estimate of drug-likeness (QED) is 0.539. The van der Waals surface area contributed by atoms with E-state index in [9.17, 15) is 9.90 Å². The molecule has 0 aliphatic carbocycles. The number of nitriles is 1. The zero-order chi connectivity index (χ0) is 20.8. The lowest BCUT2D eigenvalue weighted by Crippen LogP contribution is -2.01. The Morgan fingerprint density at radius 2 is 1.83 bits per heavy atom. The highest BCUT2D eigenvalue weighted by Gasteiger charge is 2.14. The third-order valence-corrected chi connectivity index (χ3v) is 4.51. The Morgan fingerprint density at radius 3 is 2.52 bits per heavy atom. The number of carbonyl (C=O) groups excluding carboxylic acids is 1. The first-order valence-corrected chi connectivity index (χ1v) is 9.27. The van der Waals surface area contributed by atoms with Crippen LogP contribution >= 0.6 is 0 Å². The van der Waals surface area contributed by atoms with Crippen molar-refractivity contribution in [2.45, 2.75) is 26.9 Å². The molecular formula is C24H21NO4. The predicted molar refractivity (Wildman–Crippen MR) is 109 cm³/mol. The van der Waals surface area contributed by atoms with Crippen LogP contribution in [0.5, 0.6) is 23.0 Å². The minimum Gasteiger partial charge on any atom is -0.507 e. The Morgan fingerprint density at radius 1 is 1.07 bits per heavy atom. The summed E-state index contributed by atoms with van der Waals surface area (Å²) in [5.74, 6) is 1.67. The summed E-state index contributed by atoms with van der Waals surface area (Å²) in [5, 5.41) is 19.1. The molecule has 3 aromatic rings. The fraction of sp³-hybridized carbons (Fsp3) is 0.167. The van der Waals surface area contributed by atoms with E-state index in [4.69, 9.17) is 14.7 Å². The van der Waals surface area contributed by atoms with Crippen LogP contribution in [0.1, 0.15) is 40.4 Å². The number of phenolic OH excluding ortho intramolecular Hbond substituents is 1. The molecule has 5 nitrogen and oxygen atoms in total. The molecule has 0 amide bonds. The molecule has 5 heteroatoms. The number of hydrogen-bond donors (Lipinski definition) is 1. The van der Waals surface area contributed by atoms with Crippen molar-refractivity contribution < 1.29 is 19.4 Å². The summed E-state index contributed by atoms with van der Waals surface area (Å²) in [7, 11) is 0. The van der Waals surface area contributed by atoms with Gasteiger partial charge in [0, 0.05) is 12.0 Å². The number of rotatable bonds is 7. The number of phenols is 1. The van der Waals surface area contributed by atoms with Crippen LogP contribution in [-0.2, 0) is 6.61 Å². The smallest absolute Gasteiger partial charge is 0.166 e. The van der Waals surface area contributed by atoms with Gasteiger partial charge in [-0.25, -0.2) is 0 Å². The van der Waals surface area contributed by atoms with E-state index in [0.29, 0.717) is 40.4 Å². The van der Waals surface area contributed by atoms with Gasteiger partial charge < -0.3 is 14.6 Å². The summed E-state index contributed by atoms with van der Waals surface area (Å²) < 4.78 is 11.7. The lowest BCUT2D eigenvalue weighted by molar-refractivity contribution is 0.0985. The molecule has 0 unspecified atom stereocenters. The third-order valence-electron chi connectivity index (χ3n) is 4.51. The van der Waals surface area contributed by atoms with Crippen LogP contribution in [0.3, 0.4) is 0 Å². The van der Waals surface area contributed by atoms with E-state index in [-0.39, 0.29) is 18.1 Å². The molecule has 1 N–H and O–H groups in total. The van der Waals surface area contributed by atoms with Crippen molar-refractivity contribution in [3.8, 4) is 29.1 Å². The van der Waals surface area contributed by atoms with Crippen molar-refractivity contribution in [3.63, 3.8) is 0 Å². The maximum Gasteiger partial charge on any atom is 0.166 e. The number of benzene rings is 3. The molecule has 0 atom stereocenters. The maximum absolute atomic E-state index is 11.9. The summed E-state index contributed by atoms with van der Waals surface area (Å²) in [5.41, 5.74) is 2.32. The highest BCUT2D eigenvalue weighted by molar-refractivity contribution is 5.99. The highest BCUT2D eigenvalue weighted by atomic mass is 16.5. The van der Waals surface area contributed by atoms with Gasteiger partial charge in [-0.05, 0) is 61.0 Å². The topological polar surface area (TPSA) is 79.5 Å². The summed E-state index contributed by atoms with van der Waals surface area (Å²) >= 11 is 0. The van der Waals surface area contributed by atoms with E-state index >= 15 is 0 Å². The van der Waals surface area contributed by atoms with Gasteiger partial charge in [-0.2, -0.15) is 5.26 Å². The van der Waals surface area contributed by atoms with Crippen molar-refractivity contribution in [3.05, 3.63) is 82.9 Å². The van der Waals surface area contributed by atoms with E-state index in [1.807, 2.05) is 24.3 Å². The second kappa shape index (κ2) is 8.94. The molecule has 3 aromatic carbocycles. The van der Waals surface area contributed by atoms with Crippen LogP contribution in [0.15, 0.2) is 60.7 Å². The lowest BCUT2D eigenvalue weighted by atomic mass is 10.0. The van der Waals surface area contributed by atoms with Crippen LogP contribution < -0.4 is 9.47 Å². The van der Waals surface area contributed by atoms with Crippen molar-refractivity contribution in [2.75, 3.05) is 0 Å². The summed E-state index contributed by atoms with van der Waals surface area (Å²) in [6.07, 6.45) is 0.333. The molecule has 0 aliphatic heterocycles. The monoisotopic (exact) mass is 387 g/mol. The number of hydrogen-bond acceptors (Lipinski definition) is 5. The molecule has 0 saturated carbocycles. The highest BCUT2D eigenvalue weighted by Crippen LogP contribution is 2.32. The number of aromatic hydroxyl groups is 1. The zero-order valence-corrected chi connectivity index (χ0v) is 16.3. The summed E-state index contributed by atoms with van der Waals surface area (Å²) in [4.78, 5) is 11.9. The normalized spacial score (nSPS) is 10.2. The number of ketones is 1. The van der Waals surface area contributed by atoms with Crippen molar-refractivity contribution >= 4 is 5.78 Å². The molecule has 0 radical (unpaired) electrons. The maximum atomic E-state index is 11.9. The number of nitrogens with zero attached hydrogens (tertiary/aromatic N) is 1. The van der Waals surface area contributed by atoms with Gasteiger partial charge >= 0.3 is 0 Å². The standard InChI is InChI=1S/C24H21NO4/c1-3-22(26)21-11-12-23(16(2)24(21)27)28-15-18-5-4-6-20(13-18)29-19-9-7-17(14-25)8-10-19/h4-13,27H,3,15H2,1-2H3. The minimum absolute atomic E-state index is 0.0350. The SMILES string of the molecule is CCC(=O)c1ccc(OCc2cccc(Oc3ccc(C#N)cc3)c2)c(C)c1O.